The number of fused-ring (bicyclic) bond motifs is 3. The summed E-state index contributed by atoms with van der Waals surface area (Å²) in [6.07, 6.45) is -0.525. The predicted molar refractivity (Wildman–Crippen MR) is 115 cm³/mol. The molecule has 0 fully saturated rings. The van der Waals surface area contributed by atoms with Crippen LogP contribution in [-0.4, -0.2) is 29.9 Å². The van der Waals surface area contributed by atoms with Gasteiger partial charge in [-0.05, 0) is 45.4 Å². The number of carbonyl (C=O) groups excluding carboxylic acids is 1. The molecular weight excluding hydrogens is 385 g/mol. The molecule has 0 heterocycles. The zero-order valence-electron chi connectivity index (χ0n) is 15.6. The highest BCUT2D eigenvalue weighted by Crippen LogP contribution is 2.44. The molecule has 0 saturated heterocycles. The van der Waals surface area contributed by atoms with Crippen molar-refractivity contribution in [2.75, 3.05) is 6.61 Å². The first-order valence-corrected chi connectivity index (χ1v) is 9.75. The van der Waals surface area contributed by atoms with E-state index in [-0.39, 0.29) is 19.1 Å². The van der Waals surface area contributed by atoms with E-state index in [2.05, 4.69) is 42.2 Å². The molecule has 1 aliphatic carbocycles. The molecule has 3 N–H and O–H groups in total. The third-order valence-corrected chi connectivity index (χ3v) is 5.34. The molecule has 3 aromatic carbocycles. The summed E-state index contributed by atoms with van der Waals surface area (Å²) in [7, 11) is -1.59. The minimum atomic E-state index is -1.59. The summed E-state index contributed by atoms with van der Waals surface area (Å²) in [4.78, 5) is 12.8. The quantitative estimate of drug-likeness (QED) is 0.389. The number of ether oxygens (including phenoxy) is 1. The van der Waals surface area contributed by atoms with E-state index in [4.69, 9.17) is 4.74 Å². The number of thiol groups is 1. The Kier molecular flexibility index (Phi) is 5.62. The van der Waals surface area contributed by atoms with Crippen molar-refractivity contribution in [1.82, 2.24) is 5.32 Å². The third kappa shape index (κ3) is 4.17. The average Bonchev–Trinajstić information content (AvgIpc) is 3.04. The first-order valence-electron chi connectivity index (χ1n) is 9.31. The maximum Gasteiger partial charge on any atom is 0.488 e. The van der Waals surface area contributed by atoms with Crippen molar-refractivity contribution in [3.05, 3.63) is 83.4 Å². The summed E-state index contributed by atoms with van der Waals surface area (Å²) < 4.78 is 5.50. The van der Waals surface area contributed by atoms with Crippen molar-refractivity contribution >= 4 is 31.3 Å². The Morgan fingerprint density at radius 3 is 2.24 bits per heavy atom. The van der Waals surface area contributed by atoms with E-state index in [1.54, 1.807) is 18.2 Å². The monoisotopic (exact) mass is 405 g/mol. The van der Waals surface area contributed by atoms with E-state index < -0.39 is 13.2 Å². The van der Waals surface area contributed by atoms with Gasteiger partial charge in [-0.3, -0.25) is 0 Å². The number of rotatable bonds is 5. The lowest BCUT2D eigenvalue weighted by atomic mass is 9.79. The molecule has 146 valence electrons. The van der Waals surface area contributed by atoms with Crippen molar-refractivity contribution in [3.8, 4) is 11.1 Å². The Bertz CT molecular complexity index is 1010. The molecule has 1 amide bonds. The van der Waals surface area contributed by atoms with Gasteiger partial charge in [-0.1, -0.05) is 54.6 Å². The molecule has 4 rings (SSSR count). The van der Waals surface area contributed by atoms with E-state index in [1.807, 2.05) is 24.3 Å². The normalized spacial score (nSPS) is 12.2. The highest BCUT2D eigenvalue weighted by Gasteiger charge is 2.28. The van der Waals surface area contributed by atoms with Crippen LogP contribution in [0.1, 0.15) is 22.6 Å². The molecule has 5 nitrogen and oxygen atoms in total. The summed E-state index contributed by atoms with van der Waals surface area (Å²) in [6.45, 7) is 0.442. The van der Waals surface area contributed by atoms with Crippen molar-refractivity contribution in [1.29, 1.82) is 0 Å². The Hall–Kier alpha value is -2.74. The molecule has 3 aromatic rings. The van der Waals surface area contributed by atoms with Gasteiger partial charge >= 0.3 is 13.2 Å². The number of benzene rings is 3. The fourth-order valence-corrected chi connectivity index (χ4v) is 4.09. The fourth-order valence-electron chi connectivity index (χ4n) is 3.77. The number of amides is 1. The summed E-state index contributed by atoms with van der Waals surface area (Å²) in [5.74, 6) is 0.00468. The smallest absolute Gasteiger partial charge is 0.449 e. The Labute approximate surface area is 174 Å². The topological polar surface area (TPSA) is 78.8 Å². The maximum atomic E-state index is 12.2. The fraction of sp³-hybridized carbons (Fsp3) is 0.136. The lowest BCUT2D eigenvalue weighted by Crippen LogP contribution is -2.31. The van der Waals surface area contributed by atoms with Crippen LogP contribution in [0.3, 0.4) is 0 Å². The molecule has 0 unspecified atom stereocenters. The Balaban J connectivity index is 1.41. The van der Waals surface area contributed by atoms with Gasteiger partial charge in [0.2, 0.25) is 0 Å². The molecule has 0 aromatic heterocycles. The number of hydrogen-bond acceptors (Lipinski definition) is 5. The van der Waals surface area contributed by atoms with Gasteiger partial charge in [-0.25, -0.2) is 4.79 Å². The lowest BCUT2D eigenvalue weighted by molar-refractivity contribution is 0.142. The molecule has 0 atom stereocenters. The third-order valence-electron chi connectivity index (χ3n) is 5.08. The molecule has 0 aliphatic heterocycles. The SMILES string of the molecule is O=C(NCc1cc(S)cc(B(O)O)c1)OCC1c2ccccc2-c2ccccc21. The zero-order chi connectivity index (χ0) is 20.4. The van der Waals surface area contributed by atoms with Gasteiger partial charge in [0.15, 0.2) is 0 Å². The van der Waals surface area contributed by atoms with Gasteiger partial charge in [0.1, 0.15) is 6.61 Å². The second-order valence-electron chi connectivity index (χ2n) is 6.99. The predicted octanol–water partition coefficient (Wildman–Crippen LogP) is 2.69. The largest absolute Gasteiger partial charge is 0.488 e. The molecule has 0 saturated carbocycles. The summed E-state index contributed by atoms with van der Waals surface area (Å²) in [5.41, 5.74) is 5.70. The van der Waals surface area contributed by atoms with Gasteiger partial charge < -0.3 is 20.1 Å². The van der Waals surface area contributed by atoms with Crippen LogP contribution in [0.2, 0.25) is 0 Å². The highest BCUT2D eigenvalue weighted by atomic mass is 32.1. The minimum Gasteiger partial charge on any atom is -0.449 e. The van der Waals surface area contributed by atoms with Crippen LogP contribution in [0.15, 0.2) is 71.6 Å². The van der Waals surface area contributed by atoms with Gasteiger partial charge in [-0.15, -0.1) is 12.6 Å². The molecular formula is C22H20BNO4S. The minimum absolute atomic E-state index is 0.00468. The van der Waals surface area contributed by atoms with Crippen LogP contribution in [0.4, 0.5) is 4.79 Å². The van der Waals surface area contributed by atoms with Gasteiger partial charge in [-0.2, -0.15) is 0 Å². The first-order chi connectivity index (χ1) is 14.0. The van der Waals surface area contributed by atoms with E-state index in [0.717, 1.165) is 11.1 Å². The van der Waals surface area contributed by atoms with Crippen LogP contribution in [0.5, 0.6) is 0 Å². The number of nitrogens with one attached hydrogen (secondary N) is 1. The molecule has 1 aliphatic rings. The van der Waals surface area contributed by atoms with Crippen LogP contribution in [0, 0.1) is 0 Å². The van der Waals surface area contributed by atoms with Gasteiger partial charge in [0, 0.05) is 17.4 Å². The zero-order valence-corrected chi connectivity index (χ0v) is 16.5. The van der Waals surface area contributed by atoms with Gasteiger partial charge in [0.25, 0.3) is 0 Å². The van der Waals surface area contributed by atoms with E-state index in [0.29, 0.717) is 15.9 Å². The summed E-state index contributed by atoms with van der Waals surface area (Å²) in [6, 6.07) is 21.2. The second kappa shape index (κ2) is 8.33. The van der Waals surface area contributed by atoms with Crippen molar-refractivity contribution in [3.63, 3.8) is 0 Å². The standard InChI is InChI=1S/C22H20BNO4S/c25-22(24-12-14-9-15(23(26)27)11-16(29)10-14)28-13-21-19-7-3-1-5-17(19)18-6-2-4-8-20(18)21/h1-11,21,26-27,29H,12-13H2,(H,24,25). The van der Waals surface area contributed by atoms with Crippen LogP contribution in [-0.2, 0) is 11.3 Å². The van der Waals surface area contributed by atoms with E-state index in [1.165, 1.54) is 11.1 Å². The number of hydrogen-bond donors (Lipinski definition) is 4. The van der Waals surface area contributed by atoms with Crippen molar-refractivity contribution < 1.29 is 19.6 Å². The summed E-state index contributed by atoms with van der Waals surface area (Å²) >= 11 is 4.25. The van der Waals surface area contributed by atoms with Gasteiger partial charge in [0.05, 0.1) is 0 Å². The number of carbonyl (C=O) groups is 1. The van der Waals surface area contributed by atoms with Crippen LogP contribution < -0.4 is 10.8 Å². The molecule has 0 spiro atoms. The average molecular weight is 405 g/mol. The molecule has 0 radical (unpaired) electrons. The van der Waals surface area contributed by atoms with Crippen LogP contribution >= 0.6 is 12.6 Å². The van der Waals surface area contributed by atoms with E-state index in [9.17, 15) is 14.8 Å². The Morgan fingerprint density at radius 1 is 1.00 bits per heavy atom. The molecule has 29 heavy (non-hydrogen) atoms. The lowest BCUT2D eigenvalue weighted by Gasteiger charge is -2.15. The van der Waals surface area contributed by atoms with Crippen LogP contribution in [0.25, 0.3) is 11.1 Å². The molecule has 0 bridgehead atoms. The Morgan fingerprint density at radius 2 is 1.62 bits per heavy atom. The first kappa shape index (κ1) is 19.6. The highest BCUT2D eigenvalue weighted by molar-refractivity contribution is 7.80. The number of alkyl carbamates (subject to hydrolysis) is 1. The second-order valence-corrected chi connectivity index (χ2v) is 7.50. The van der Waals surface area contributed by atoms with Crippen molar-refractivity contribution in [2.24, 2.45) is 0 Å². The summed E-state index contributed by atoms with van der Waals surface area (Å²) in [5, 5.41) is 21.4. The maximum absolute atomic E-state index is 12.2. The molecule has 7 heteroatoms. The van der Waals surface area contributed by atoms with Crippen molar-refractivity contribution in [2.45, 2.75) is 17.4 Å². The van der Waals surface area contributed by atoms with E-state index >= 15 is 0 Å².